The molecule has 0 aliphatic carbocycles. The first-order valence-electron chi connectivity index (χ1n) is 5.31. The molecule has 0 aliphatic heterocycles. The maximum Gasteiger partial charge on any atom is 0.239 e. The summed E-state index contributed by atoms with van der Waals surface area (Å²) >= 11 is 5.91. The topological polar surface area (TPSA) is 80.9 Å². The molecule has 1 unspecified atom stereocenters. The van der Waals surface area contributed by atoms with Crippen LogP contribution in [0.1, 0.15) is 33.5 Å². The number of carbonyl (C=O) groups excluding carboxylic acids is 1. The van der Waals surface area contributed by atoms with Crippen LogP contribution in [0.15, 0.2) is 6.07 Å². The third-order valence-corrected chi connectivity index (χ3v) is 2.35. The number of carbonyl (C=O) groups is 1. The monoisotopic (exact) mass is 256 g/mol. The average molecular weight is 257 g/mol. The second-order valence-corrected chi connectivity index (χ2v) is 5.31. The molecule has 0 fully saturated rings. The number of nitrogens with zero attached hydrogens (tertiary/aromatic N) is 2. The van der Waals surface area contributed by atoms with Crippen molar-refractivity contribution in [3.63, 3.8) is 0 Å². The highest BCUT2D eigenvalue weighted by atomic mass is 35.5. The van der Waals surface area contributed by atoms with E-state index in [1.165, 1.54) is 0 Å². The van der Waals surface area contributed by atoms with Gasteiger partial charge in [-0.05, 0) is 6.92 Å². The lowest BCUT2D eigenvalue weighted by atomic mass is 9.96. The standard InChI is InChI=1S/C11H17ClN4O/c1-6(9(13)17)14-8-5-7(12)15-10(16-8)11(2,3)4/h5-6H,1-4H3,(H2,13,17)(H,14,15,16). The van der Waals surface area contributed by atoms with Gasteiger partial charge in [0.25, 0.3) is 0 Å². The van der Waals surface area contributed by atoms with Crippen LogP contribution in [0.2, 0.25) is 5.15 Å². The molecule has 5 nitrogen and oxygen atoms in total. The first kappa shape index (κ1) is 13.7. The van der Waals surface area contributed by atoms with Crippen molar-refractivity contribution in [1.82, 2.24) is 9.97 Å². The van der Waals surface area contributed by atoms with E-state index in [4.69, 9.17) is 17.3 Å². The highest BCUT2D eigenvalue weighted by Crippen LogP contribution is 2.22. The average Bonchev–Trinajstić information content (AvgIpc) is 2.15. The largest absolute Gasteiger partial charge is 0.368 e. The lowest BCUT2D eigenvalue weighted by Gasteiger charge is -2.18. The zero-order valence-corrected chi connectivity index (χ0v) is 11.2. The molecule has 6 heteroatoms. The molecule has 1 aromatic rings. The summed E-state index contributed by atoms with van der Waals surface area (Å²) in [6.07, 6.45) is 0. The van der Waals surface area contributed by atoms with E-state index in [1.54, 1.807) is 13.0 Å². The maximum atomic E-state index is 11.0. The molecule has 0 saturated carbocycles. The van der Waals surface area contributed by atoms with Gasteiger partial charge < -0.3 is 11.1 Å². The molecule has 1 heterocycles. The minimum absolute atomic E-state index is 0.211. The number of rotatable bonds is 3. The summed E-state index contributed by atoms with van der Waals surface area (Å²) in [4.78, 5) is 19.4. The molecule has 0 radical (unpaired) electrons. The Labute approximate surface area is 106 Å². The van der Waals surface area contributed by atoms with Crippen molar-refractivity contribution in [3.05, 3.63) is 17.0 Å². The van der Waals surface area contributed by atoms with Gasteiger partial charge in [0.1, 0.15) is 22.8 Å². The third kappa shape index (κ3) is 3.85. The number of nitrogens with two attached hydrogens (primary N) is 1. The quantitative estimate of drug-likeness (QED) is 0.807. The molecule has 1 aromatic heterocycles. The first-order chi connectivity index (χ1) is 7.70. The molecule has 1 rings (SSSR count). The number of amides is 1. The predicted molar refractivity (Wildman–Crippen MR) is 68.0 cm³/mol. The van der Waals surface area contributed by atoms with Crippen LogP contribution in [0.4, 0.5) is 5.82 Å². The van der Waals surface area contributed by atoms with Gasteiger partial charge in [-0.1, -0.05) is 32.4 Å². The lowest BCUT2D eigenvalue weighted by Crippen LogP contribution is -2.33. The normalized spacial score (nSPS) is 13.2. The highest BCUT2D eigenvalue weighted by molar-refractivity contribution is 6.29. The molecular formula is C11H17ClN4O. The van der Waals surface area contributed by atoms with Crippen LogP contribution < -0.4 is 11.1 Å². The molecule has 3 N–H and O–H groups in total. The summed E-state index contributed by atoms with van der Waals surface area (Å²) in [7, 11) is 0. The Morgan fingerprint density at radius 3 is 2.53 bits per heavy atom. The van der Waals surface area contributed by atoms with E-state index in [9.17, 15) is 4.79 Å². The third-order valence-electron chi connectivity index (χ3n) is 2.16. The summed E-state index contributed by atoms with van der Waals surface area (Å²) in [6.45, 7) is 7.62. The van der Waals surface area contributed by atoms with Crippen molar-refractivity contribution >= 4 is 23.3 Å². The molecule has 0 spiro atoms. The molecule has 0 saturated heterocycles. The molecule has 94 valence electrons. The van der Waals surface area contributed by atoms with Crippen molar-refractivity contribution in [2.24, 2.45) is 5.73 Å². The second kappa shape index (κ2) is 4.87. The number of hydrogen-bond acceptors (Lipinski definition) is 4. The van der Waals surface area contributed by atoms with E-state index < -0.39 is 11.9 Å². The van der Waals surface area contributed by atoms with Crippen LogP contribution in [0, 0.1) is 0 Å². The van der Waals surface area contributed by atoms with Gasteiger partial charge in [-0.2, -0.15) is 0 Å². The van der Waals surface area contributed by atoms with Crippen molar-refractivity contribution < 1.29 is 4.79 Å². The Morgan fingerprint density at radius 2 is 2.06 bits per heavy atom. The smallest absolute Gasteiger partial charge is 0.239 e. The molecule has 1 amide bonds. The maximum absolute atomic E-state index is 11.0. The Hall–Kier alpha value is -1.36. The van der Waals surface area contributed by atoms with Gasteiger partial charge in [-0.15, -0.1) is 0 Å². The lowest BCUT2D eigenvalue weighted by molar-refractivity contribution is -0.118. The number of hydrogen-bond donors (Lipinski definition) is 2. The zero-order chi connectivity index (χ0) is 13.2. The van der Waals surface area contributed by atoms with Crippen LogP contribution in [-0.4, -0.2) is 21.9 Å². The SMILES string of the molecule is CC(Nc1cc(Cl)nc(C(C)(C)C)n1)C(N)=O. The predicted octanol–water partition coefficient (Wildman–Crippen LogP) is 1.71. The second-order valence-electron chi connectivity index (χ2n) is 4.92. The minimum Gasteiger partial charge on any atom is -0.368 e. The fraction of sp³-hybridized carbons (Fsp3) is 0.545. The van der Waals surface area contributed by atoms with Crippen LogP contribution in [0.3, 0.4) is 0 Å². The fourth-order valence-electron chi connectivity index (χ4n) is 1.12. The van der Waals surface area contributed by atoms with E-state index in [0.717, 1.165) is 0 Å². The van der Waals surface area contributed by atoms with Gasteiger partial charge in [0, 0.05) is 11.5 Å². The Morgan fingerprint density at radius 1 is 1.47 bits per heavy atom. The number of aromatic nitrogens is 2. The van der Waals surface area contributed by atoms with Crippen molar-refractivity contribution in [3.8, 4) is 0 Å². The van der Waals surface area contributed by atoms with E-state index in [1.807, 2.05) is 20.8 Å². The summed E-state index contributed by atoms with van der Waals surface area (Å²) in [5.41, 5.74) is 4.96. The van der Waals surface area contributed by atoms with Crippen molar-refractivity contribution in [1.29, 1.82) is 0 Å². The Balaban J connectivity index is 3.02. The zero-order valence-electron chi connectivity index (χ0n) is 10.4. The van der Waals surface area contributed by atoms with Gasteiger partial charge >= 0.3 is 0 Å². The first-order valence-corrected chi connectivity index (χ1v) is 5.69. The van der Waals surface area contributed by atoms with Crippen molar-refractivity contribution in [2.45, 2.75) is 39.2 Å². The minimum atomic E-state index is -0.506. The van der Waals surface area contributed by atoms with Gasteiger partial charge in [-0.25, -0.2) is 9.97 Å². The van der Waals surface area contributed by atoms with Crippen LogP contribution in [-0.2, 0) is 10.2 Å². The molecule has 0 bridgehead atoms. The number of anilines is 1. The molecular weight excluding hydrogens is 240 g/mol. The van der Waals surface area contributed by atoms with Gasteiger partial charge in [0.05, 0.1) is 0 Å². The Kier molecular flexibility index (Phi) is 3.93. The van der Waals surface area contributed by atoms with Crippen LogP contribution in [0.25, 0.3) is 0 Å². The summed E-state index contributed by atoms with van der Waals surface area (Å²) < 4.78 is 0. The summed E-state index contributed by atoms with van der Waals surface area (Å²) in [5, 5.41) is 3.22. The van der Waals surface area contributed by atoms with E-state index in [-0.39, 0.29) is 5.41 Å². The van der Waals surface area contributed by atoms with Gasteiger partial charge in [0.2, 0.25) is 5.91 Å². The molecule has 0 aromatic carbocycles. The summed E-state index contributed by atoms with van der Waals surface area (Å²) in [5.74, 6) is 0.669. The summed E-state index contributed by atoms with van der Waals surface area (Å²) in [6, 6.07) is 1.06. The highest BCUT2D eigenvalue weighted by Gasteiger charge is 2.19. The van der Waals surface area contributed by atoms with Crippen molar-refractivity contribution in [2.75, 3.05) is 5.32 Å². The number of halogens is 1. The molecule has 1 atom stereocenters. The fourth-order valence-corrected chi connectivity index (χ4v) is 1.30. The molecule has 17 heavy (non-hydrogen) atoms. The van der Waals surface area contributed by atoms with E-state index in [0.29, 0.717) is 16.8 Å². The van der Waals surface area contributed by atoms with E-state index in [2.05, 4.69) is 15.3 Å². The number of primary amides is 1. The Bertz CT molecular complexity index is 428. The van der Waals surface area contributed by atoms with Gasteiger partial charge in [0.15, 0.2) is 0 Å². The number of nitrogens with one attached hydrogen (secondary N) is 1. The van der Waals surface area contributed by atoms with E-state index >= 15 is 0 Å². The van der Waals surface area contributed by atoms with Crippen LogP contribution in [0.5, 0.6) is 0 Å². The molecule has 0 aliphatic rings. The van der Waals surface area contributed by atoms with Gasteiger partial charge in [-0.3, -0.25) is 4.79 Å². The van der Waals surface area contributed by atoms with Crippen LogP contribution >= 0.6 is 11.6 Å².